The molecule has 1 aliphatic rings. The number of amidine groups is 1. The Kier molecular flexibility index (Phi) is 7.51. The molecule has 1 heterocycles. The summed E-state index contributed by atoms with van der Waals surface area (Å²) >= 11 is 0. The van der Waals surface area contributed by atoms with Gasteiger partial charge in [0.1, 0.15) is 18.0 Å². The van der Waals surface area contributed by atoms with Crippen molar-refractivity contribution in [1.82, 2.24) is 9.80 Å². The highest BCUT2D eigenvalue weighted by molar-refractivity contribution is 6.07. The summed E-state index contributed by atoms with van der Waals surface area (Å²) in [6, 6.07) is 17.5. The van der Waals surface area contributed by atoms with Crippen LogP contribution in [0, 0.1) is 0 Å². The molecule has 2 aromatic rings. The van der Waals surface area contributed by atoms with Gasteiger partial charge < -0.3 is 14.4 Å². The van der Waals surface area contributed by atoms with E-state index in [4.69, 9.17) is 9.47 Å². The lowest BCUT2D eigenvalue weighted by Crippen LogP contribution is -2.39. The molecule has 0 radical (unpaired) electrons. The Balaban J connectivity index is 1.51. The van der Waals surface area contributed by atoms with Crippen LogP contribution >= 0.6 is 0 Å². The van der Waals surface area contributed by atoms with Crippen LogP contribution in [0.5, 0.6) is 0 Å². The number of rotatable bonds is 6. The fourth-order valence-corrected chi connectivity index (χ4v) is 3.23. The van der Waals surface area contributed by atoms with Gasteiger partial charge in [0.2, 0.25) is 0 Å². The Hall–Kier alpha value is -3.35. The van der Waals surface area contributed by atoms with Crippen molar-refractivity contribution in [3.63, 3.8) is 0 Å². The molecule has 0 aliphatic carbocycles. The van der Waals surface area contributed by atoms with E-state index in [1.54, 1.807) is 16.8 Å². The van der Waals surface area contributed by atoms with Crippen LogP contribution in [0.15, 0.2) is 59.6 Å². The number of amides is 2. The predicted molar refractivity (Wildman–Crippen MR) is 124 cm³/mol. The van der Waals surface area contributed by atoms with E-state index in [-0.39, 0.29) is 18.8 Å². The van der Waals surface area contributed by atoms with E-state index in [0.717, 1.165) is 16.7 Å². The molecular formula is C25H31N3O4. The maximum Gasteiger partial charge on any atom is 0.416 e. The molecule has 0 bridgehead atoms. The van der Waals surface area contributed by atoms with Crippen molar-refractivity contribution >= 4 is 18.0 Å². The van der Waals surface area contributed by atoms with E-state index >= 15 is 0 Å². The first-order valence-corrected chi connectivity index (χ1v) is 10.8. The van der Waals surface area contributed by atoms with Gasteiger partial charge in [0, 0.05) is 19.2 Å². The monoisotopic (exact) mass is 437 g/mol. The first kappa shape index (κ1) is 23.3. The van der Waals surface area contributed by atoms with Crippen LogP contribution in [0.1, 0.15) is 37.5 Å². The molecule has 32 heavy (non-hydrogen) atoms. The normalized spacial score (nSPS) is 13.5. The molecule has 170 valence electrons. The molecule has 0 aromatic heterocycles. The van der Waals surface area contributed by atoms with Gasteiger partial charge in [-0.25, -0.2) is 9.59 Å². The summed E-state index contributed by atoms with van der Waals surface area (Å²) in [5.74, 6) is 0.632. The highest BCUT2D eigenvalue weighted by Crippen LogP contribution is 2.17. The zero-order valence-corrected chi connectivity index (χ0v) is 19.2. The summed E-state index contributed by atoms with van der Waals surface area (Å²) in [6.07, 6.45) is -0.0355. The average molecular weight is 438 g/mol. The van der Waals surface area contributed by atoms with Gasteiger partial charge in [-0.2, -0.15) is 0 Å². The van der Waals surface area contributed by atoms with Crippen molar-refractivity contribution in [2.24, 2.45) is 4.99 Å². The third-order valence-corrected chi connectivity index (χ3v) is 4.92. The Morgan fingerprint density at radius 3 is 2.38 bits per heavy atom. The van der Waals surface area contributed by atoms with Crippen molar-refractivity contribution in [1.29, 1.82) is 0 Å². The summed E-state index contributed by atoms with van der Waals surface area (Å²) in [6.45, 7) is 7.42. The minimum atomic E-state index is -0.553. The summed E-state index contributed by atoms with van der Waals surface area (Å²) in [5.41, 5.74) is 2.36. The second-order valence-corrected chi connectivity index (χ2v) is 8.75. The molecule has 2 aromatic carbocycles. The van der Waals surface area contributed by atoms with E-state index in [1.165, 1.54) is 0 Å². The number of ether oxygens (including phenoxy) is 2. The van der Waals surface area contributed by atoms with E-state index in [2.05, 4.69) is 4.99 Å². The molecule has 0 spiro atoms. The maximum absolute atomic E-state index is 12.5. The molecule has 7 heteroatoms. The van der Waals surface area contributed by atoms with Crippen LogP contribution in [-0.2, 0) is 22.5 Å². The fraction of sp³-hybridized carbons (Fsp3) is 0.400. The molecule has 0 saturated carbocycles. The number of benzene rings is 2. The third kappa shape index (κ3) is 6.57. The molecule has 0 atom stereocenters. The van der Waals surface area contributed by atoms with E-state index in [9.17, 15) is 9.59 Å². The maximum atomic E-state index is 12.5. The van der Waals surface area contributed by atoms with Gasteiger partial charge in [-0.05, 0) is 38.3 Å². The Morgan fingerprint density at radius 2 is 1.72 bits per heavy atom. The van der Waals surface area contributed by atoms with Gasteiger partial charge >= 0.3 is 12.2 Å². The average Bonchev–Trinajstić information content (AvgIpc) is 3.26. The Labute approximate surface area is 189 Å². The Morgan fingerprint density at radius 1 is 1.03 bits per heavy atom. The quantitative estimate of drug-likeness (QED) is 0.667. The van der Waals surface area contributed by atoms with Crippen LogP contribution in [0.2, 0.25) is 0 Å². The summed E-state index contributed by atoms with van der Waals surface area (Å²) in [5, 5.41) is 0. The molecular weight excluding hydrogens is 406 g/mol. The molecule has 1 aliphatic heterocycles. The first-order chi connectivity index (χ1) is 15.2. The topological polar surface area (TPSA) is 71.4 Å². The summed E-state index contributed by atoms with van der Waals surface area (Å²) in [7, 11) is 1.73. The fourth-order valence-electron chi connectivity index (χ4n) is 3.23. The van der Waals surface area contributed by atoms with Crippen molar-refractivity contribution in [3.05, 3.63) is 71.3 Å². The van der Waals surface area contributed by atoms with Crippen LogP contribution in [0.4, 0.5) is 9.59 Å². The number of nitrogens with zero attached hydrogens (tertiary/aromatic N) is 3. The molecule has 2 amide bonds. The zero-order valence-electron chi connectivity index (χ0n) is 19.2. The predicted octanol–water partition coefficient (Wildman–Crippen LogP) is 4.50. The Bertz CT molecular complexity index is 949. The molecule has 0 saturated heterocycles. The molecule has 7 nitrogen and oxygen atoms in total. The number of hydrogen-bond acceptors (Lipinski definition) is 5. The molecule has 3 rings (SSSR count). The third-order valence-electron chi connectivity index (χ3n) is 4.92. The van der Waals surface area contributed by atoms with Gasteiger partial charge in [0.05, 0.1) is 13.1 Å². The van der Waals surface area contributed by atoms with E-state index < -0.39 is 5.60 Å². The highest BCUT2D eigenvalue weighted by atomic mass is 16.6. The van der Waals surface area contributed by atoms with Gasteiger partial charge in [0.25, 0.3) is 0 Å². The first-order valence-electron chi connectivity index (χ1n) is 10.8. The minimum Gasteiger partial charge on any atom is -0.445 e. The summed E-state index contributed by atoms with van der Waals surface area (Å²) < 4.78 is 10.8. The van der Waals surface area contributed by atoms with Crippen molar-refractivity contribution in [3.8, 4) is 0 Å². The number of hydrogen-bond donors (Lipinski definition) is 0. The lowest BCUT2D eigenvalue weighted by Gasteiger charge is -2.25. The largest absolute Gasteiger partial charge is 0.445 e. The smallest absolute Gasteiger partial charge is 0.416 e. The van der Waals surface area contributed by atoms with Crippen LogP contribution in [0.25, 0.3) is 0 Å². The highest BCUT2D eigenvalue weighted by Gasteiger charge is 2.29. The second kappa shape index (κ2) is 10.3. The van der Waals surface area contributed by atoms with Gasteiger partial charge in [-0.15, -0.1) is 0 Å². The van der Waals surface area contributed by atoms with Gasteiger partial charge in [-0.1, -0.05) is 54.6 Å². The molecule has 0 N–H and O–H groups in total. The van der Waals surface area contributed by atoms with Gasteiger partial charge in [-0.3, -0.25) is 9.89 Å². The number of carbonyl (C=O) groups is 2. The van der Waals surface area contributed by atoms with Crippen molar-refractivity contribution in [2.75, 3.05) is 26.7 Å². The lowest BCUT2D eigenvalue weighted by atomic mass is 10.1. The minimum absolute atomic E-state index is 0.259. The standard InChI is InChI=1S/C25H31N3O4/c1-25(2,3)32-24(30)28-17-15-26-22(28)21-12-10-19(11-13-21)14-16-27(4)23(29)31-18-20-8-6-5-7-9-20/h5-13H,14-18H2,1-4H3. The molecule has 0 unspecified atom stereocenters. The SMILES string of the molecule is CN(CCc1ccc(C2=NCCN2C(=O)OC(C)(C)C)cc1)C(=O)OCc1ccccc1. The van der Waals surface area contributed by atoms with E-state index in [1.807, 2.05) is 75.4 Å². The number of aliphatic imine (C=N–C) groups is 1. The van der Waals surface area contributed by atoms with Crippen molar-refractivity contribution < 1.29 is 19.1 Å². The number of carbonyl (C=O) groups excluding carboxylic acids is 2. The lowest BCUT2D eigenvalue weighted by molar-refractivity contribution is 0.0384. The van der Waals surface area contributed by atoms with Crippen LogP contribution in [-0.4, -0.2) is 60.1 Å². The van der Waals surface area contributed by atoms with Gasteiger partial charge in [0.15, 0.2) is 0 Å². The van der Waals surface area contributed by atoms with Crippen molar-refractivity contribution in [2.45, 2.75) is 39.4 Å². The zero-order chi connectivity index (χ0) is 23.1. The van der Waals surface area contributed by atoms with Crippen LogP contribution in [0.3, 0.4) is 0 Å². The number of likely N-dealkylation sites (N-methyl/N-ethyl adjacent to an activating group) is 1. The van der Waals surface area contributed by atoms with E-state index in [0.29, 0.717) is 31.9 Å². The second-order valence-electron chi connectivity index (χ2n) is 8.75. The molecule has 0 fully saturated rings. The van der Waals surface area contributed by atoms with Crippen LogP contribution < -0.4 is 0 Å². The summed E-state index contributed by atoms with van der Waals surface area (Å²) in [4.78, 5) is 32.3.